The van der Waals surface area contributed by atoms with Crippen molar-refractivity contribution in [3.8, 4) is 22.6 Å². The number of ether oxygens (including phenoxy) is 2. The molecule has 4 nitrogen and oxygen atoms in total. The summed E-state index contributed by atoms with van der Waals surface area (Å²) in [6.07, 6.45) is 5.08. The first-order valence-corrected chi connectivity index (χ1v) is 14.7. The van der Waals surface area contributed by atoms with Crippen LogP contribution in [0.4, 0.5) is 8.78 Å². The Labute approximate surface area is 241 Å². The van der Waals surface area contributed by atoms with Crippen molar-refractivity contribution in [1.82, 2.24) is 0 Å². The van der Waals surface area contributed by atoms with Gasteiger partial charge in [-0.1, -0.05) is 58.4 Å². The molecule has 0 saturated heterocycles. The number of carbonyl (C=O) groups is 1. The third-order valence-corrected chi connectivity index (χ3v) is 9.34. The van der Waals surface area contributed by atoms with E-state index in [2.05, 4.69) is 20.8 Å². The smallest absolute Gasteiger partial charge is 0.307 e. The molecule has 2 aliphatic rings. The van der Waals surface area contributed by atoms with Crippen LogP contribution < -0.4 is 9.47 Å². The molecule has 0 aliphatic heterocycles. The number of hydrogen-bond acceptors (Lipinski definition) is 3. The van der Waals surface area contributed by atoms with Crippen molar-refractivity contribution in [3.63, 3.8) is 0 Å². The van der Waals surface area contributed by atoms with Crippen LogP contribution >= 0.6 is 0 Å². The molecule has 0 bridgehead atoms. The normalized spacial score (nSPS) is 21.4. The first kappa shape index (κ1) is 29.1. The number of methoxy groups -OCH3 is 1. The van der Waals surface area contributed by atoms with Gasteiger partial charge in [0.1, 0.15) is 18.2 Å². The summed E-state index contributed by atoms with van der Waals surface area (Å²) in [5.41, 5.74) is 3.92. The SMILES string of the molecule is CCCC(C)(C)Cc1cc(COc2ccc3c(c2F)C2(CCC3)C(C(=O)O)[C@@H]2C)ccc1-c1cc(OC)ccc1F. The fraction of sp³-hybridized carbons (Fsp3) is 0.457. The molecule has 3 aromatic rings. The summed E-state index contributed by atoms with van der Waals surface area (Å²) >= 11 is 0. The number of hydrogen-bond donors (Lipinski definition) is 1. The lowest BCUT2D eigenvalue weighted by atomic mass is 9.77. The summed E-state index contributed by atoms with van der Waals surface area (Å²) in [7, 11) is 1.57. The molecule has 0 heterocycles. The number of aliphatic carboxylic acids is 1. The summed E-state index contributed by atoms with van der Waals surface area (Å²) in [5.74, 6) is -1.55. The minimum Gasteiger partial charge on any atom is -0.497 e. The van der Waals surface area contributed by atoms with Crippen LogP contribution in [0.15, 0.2) is 48.5 Å². The Kier molecular flexibility index (Phi) is 7.88. The van der Waals surface area contributed by atoms with E-state index in [0.717, 1.165) is 54.4 Å². The van der Waals surface area contributed by atoms with Gasteiger partial charge in [-0.05, 0) is 90.0 Å². The summed E-state index contributed by atoms with van der Waals surface area (Å²) in [6.45, 7) is 8.64. The Bertz CT molecular complexity index is 1460. The summed E-state index contributed by atoms with van der Waals surface area (Å²) in [4.78, 5) is 11.9. The van der Waals surface area contributed by atoms with Crippen LogP contribution in [0.5, 0.6) is 11.5 Å². The average molecular weight is 563 g/mol. The molecule has 0 aromatic heterocycles. The fourth-order valence-corrected chi connectivity index (χ4v) is 7.37. The van der Waals surface area contributed by atoms with Crippen LogP contribution in [0.3, 0.4) is 0 Å². The average Bonchev–Trinajstić information content (AvgIpc) is 3.51. The van der Waals surface area contributed by atoms with Crippen LogP contribution in [-0.2, 0) is 29.7 Å². The number of rotatable bonds is 10. The maximum Gasteiger partial charge on any atom is 0.307 e. The third kappa shape index (κ3) is 5.33. The Morgan fingerprint density at radius 1 is 1.10 bits per heavy atom. The van der Waals surface area contributed by atoms with Crippen molar-refractivity contribution in [2.75, 3.05) is 7.11 Å². The molecule has 0 amide bonds. The maximum atomic E-state index is 16.0. The molecule has 6 heteroatoms. The van der Waals surface area contributed by atoms with Crippen molar-refractivity contribution < 1.29 is 28.2 Å². The van der Waals surface area contributed by atoms with Gasteiger partial charge < -0.3 is 14.6 Å². The van der Waals surface area contributed by atoms with Crippen molar-refractivity contribution in [2.45, 2.75) is 78.2 Å². The molecule has 41 heavy (non-hydrogen) atoms. The van der Waals surface area contributed by atoms with E-state index in [1.807, 2.05) is 31.2 Å². The van der Waals surface area contributed by atoms with Crippen molar-refractivity contribution in [2.24, 2.45) is 17.3 Å². The van der Waals surface area contributed by atoms with Gasteiger partial charge in [-0.15, -0.1) is 0 Å². The topological polar surface area (TPSA) is 55.8 Å². The Hall–Kier alpha value is -3.41. The molecule has 1 N–H and O–H groups in total. The van der Waals surface area contributed by atoms with Crippen molar-refractivity contribution in [1.29, 1.82) is 0 Å². The lowest BCUT2D eigenvalue weighted by Gasteiger charge is -2.28. The van der Waals surface area contributed by atoms with Crippen molar-refractivity contribution >= 4 is 5.97 Å². The standard InChI is InChI=1S/C35H40F2O4/c1-6-15-34(3,4)19-24-17-22(9-12-26(24)27-18-25(40-5)11-13-28(27)36)20-41-29-14-10-23-8-7-16-35(31(23)32(29)37)21(2)30(35)33(38)39/h9-14,17-18,21,30H,6-8,15-16,19-20H2,1-5H3,(H,38,39)/t21-,30?,35?/m0/s1. The molecular formula is C35H40F2O4. The zero-order chi connectivity index (χ0) is 29.5. The van der Waals surface area contributed by atoms with E-state index in [1.54, 1.807) is 25.3 Å². The van der Waals surface area contributed by atoms with E-state index >= 15 is 8.78 Å². The Morgan fingerprint density at radius 3 is 2.56 bits per heavy atom. The quantitative estimate of drug-likeness (QED) is 0.269. The van der Waals surface area contributed by atoms with Crippen LogP contribution in [-0.4, -0.2) is 18.2 Å². The molecule has 2 aliphatic carbocycles. The van der Waals surface area contributed by atoms with Gasteiger partial charge in [-0.3, -0.25) is 4.79 Å². The monoisotopic (exact) mass is 562 g/mol. The lowest BCUT2D eigenvalue weighted by Crippen LogP contribution is -2.24. The Balaban J connectivity index is 1.46. The molecule has 218 valence electrons. The van der Waals surface area contributed by atoms with Gasteiger partial charge in [0, 0.05) is 16.5 Å². The number of halogens is 2. The zero-order valence-corrected chi connectivity index (χ0v) is 24.7. The molecule has 1 saturated carbocycles. The predicted octanol–water partition coefficient (Wildman–Crippen LogP) is 8.51. The molecule has 1 fully saturated rings. The van der Waals surface area contributed by atoms with Crippen LogP contribution in [0.1, 0.15) is 75.6 Å². The number of fused-ring (bicyclic) bond motifs is 2. The molecule has 2 unspecified atom stereocenters. The van der Waals surface area contributed by atoms with Gasteiger partial charge in [0.15, 0.2) is 11.6 Å². The second-order valence-electron chi connectivity index (χ2n) is 12.6. The lowest BCUT2D eigenvalue weighted by molar-refractivity contribution is -0.139. The first-order chi connectivity index (χ1) is 19.5. The van der Waals surface area contributed by atoms with Gasteiger partial charge in [0.25, 0.3) is 0 Å². The van der Waals surface area contributed by atoms with Crippen LogP contribution in [0, 0.1) is 28.9 Å². The third-order valence-electron chi connectivity index (χ3n) is 9.34. The van der Waals surface area contributed by atoms with Crippen LogP contribution in [0.25, 0.3) is 11.1 Å². The molecule has 5 rings (SSSR count). The predicted molar refractivity (Wildman–Crippen MR) is 156 cm³/mol. The molecule has 3 aromatic carbocycles. The van der Waals surface area contributed by atoms with E-state index in [-0.39, 0.29) is 29.5 Å². The van der Waals surface area contributed by atoms with E-state index in [4.69, 9.17) is 9.47 Å². The maximum absolute atomic E-state index is 16.0. The second-order valence-corrected chi connectivity index (χ2v) is 12.6. The highest BCUT2D eigenvalue weighted by atomic mass is 19.1. The highest BCUT2D eigenvalue weighted by molar-refractivity contribution is 5.79. The number of aryl methyl sites for hydroxylation is 1. The fourth-order valence-electron chi connectivity index (χ4n) is 7.37. The second kappa shape index (κ2) is 11.1. The van der Waals surface area contributed by atoms with Gasteiger partial charge in [-0.2, -0.15) is 0 Å². The van der Waals surface area contributed by atoms with Crippen molar-refractivity contribution in [3.05, 3.63) is 82.4 Å². The largest absolute Gasteiger partial charge is 0.497 e. The van der Waals surface area contributed by atoms with E-state index in [9.17, 15) is 9.90 Å². The molecule has 1 spiro atoms. The van der Waals surface area contributed by atoms with Crippen LogP contribution in [0.2, 0.25) is 0 Å². The molecular weight excluding hydrogens is 522 g/mol. The number of carboxylic acid groups (broad SMARTS) is 1. The first-order valence-electron chi connectivity index (χ1n) is 14.7. The van der Waals surface area contributed by atoms with E-state index in [1.165, 1.54) is 6.07 Å². The zero-order valence-electron chi connectivity index (χ0n) is 24.7. The summed E-state index contributed by atoms with van der Waals surface area (Å²) in [5, 5.41) is 9.79. The number of benzene rings is 3. The van der Waals surface area contributed by atoms with Gasteiger partial charge in [-0.25, -0.2) is 8.78 Å². The van der Waals surface area contributed by atoms with Gasteiger partial charge >= 0.3 is 5.97 Å². The van der Waals surface area contributed by atoms with E-state index < -0.39 is 23.1 Å². The number of carboxylic acids is 1. The summed E-state index contributed by atoms with van der Waals surface area (Å²) < 4.78 is 42.5. The minimum atomic E-state index is -0.859. The molecule has 3 atom stereocenters. The Morgan fingerprint density at radius 2 is 1.88 bits per heavy atom. The van der Waals surface area contributed by atoms with Gasteiger partial charge in [0.2, 0.25) is 0 Å². The highest BCUT2D eigenvalue weighted by Crippen LogP contribution is 2.65. The minimum absolute atomic E-state index is 0.00111. The highest BCUT2D eigenvalue weighted by Gasteiger charge is 2.68. The summed E-state index contributed by atoms with van der Waals surface area (Å²) in [6, 6.07) is 14.2. The molecule has 0 radical (unpaired) electrons. The van der Waals surface area contributed by atoms with Gasteiger partial charge in [0.05, 0.1) is 13.0 Å². The van der Waals surface area contributed by atoms with E-state index in [0.29, 0.717) is 23.3 Å².